The van der Waals surface area contributed by atoms with Gasteiger partial charge in [0.2, 0.25) is 0 Å². The molecule has 156 valence electrons. The van der Waals surface area contributed by atoms with Crippen LogP contribution in [-0.4, -0.2) is 26.0 Å². The Morgan fingerprint density at radius 2 is 1.77 bits per heavy atom. The Labute approximate surface area is 190 Å². The number of aryl methyl sites for hydroxylation is 2. The summed E-state index contributed by atoms with van der Waals surface area (Å²) in [5.41, 5.74) is 5.61. The van der Waals surface area contributed by atoms with Gasteiger partial charge in [0.25, 0.3) is 5.91 Å². The summed E-state index contributed by atoms with van der Waals surface area (Å²) in [4.78, 5) is 13.9. The molecule has 0 radical (unpaired) electrons. The molecule has 0 spiro atoms. The van der Waals surface area contributed by atoms with Crippen LogP contribution >= 0.6 is 23.8 Å². The van der Waals surface area contributed by atoms with E-state index in [4.69, 9.17) is 23.8 Å². The summed E-state index contributed by atoms with van der Waals surface area (Å²) in [5, 5.41) is 15.6. The molecule has 31 heavy (non-hydrogen) atoms. The minimum atomic E-state index is -0.261. The molecular formula is C23H20ClN5OS. The van der Waals surface area contributed by atoms with Gasteiger partial charge < -0.3 is 5.32 Å². The Morgan fingerprint density at radius 3 is 2.48 bits per heavy atom. The van der Waals surface area contributed by atoms with Crippen molar-refractivity contribution >= 4 is 51.6 Å². The molecule has 0 fully saturated rings. The van der Waals surface area contributed by atoms with Crippen LogP contribution in [0.25, 0.3) is 16.7 Å². The summed E-state index contributed by atoms with van der Waals surface area (Å²) in [6, 6.07) is 18.6. The fourth-order valence-corrected chi connectivity index (χ4v) is 3.43. The maximum Gasteiger partial charge on any atom is 0.257 e. The molecule has 2 N–H and O–H groups in total. The highest BCUT2D eigenvalue weighted by molar-refractivity contribution is 7.80. The van der Waals surface area contributed by atoms with Crippen molar-refractivity contribution in [2.45, 2.75) is 20.3 Å². The first-order chi connectivity index (χ1) is 14.9. The number of carbonyl (C=O) groups excluding carboxylic acids is 1. The highest BCUT2D eigenvalue weighted by atomic mass is 35.5. The molecule has 1 aromatic heterocycles. The molecule has 1 heterocycles. The minimum absolute atomic E-state index is 0.210. The van der Waals surface area contributed by atoms with E-state index in [2.05, 4.69) is 27.8 Å². The van der Waals surface area contributed by atoms with Gasteiger partial charge >= 0.3 is 0 Å². The molecule has 4 rings (SSSR count). The molecule has 1 amide bonds. The van der Waals surface area contributed by atoms with Crippen LogP contribution in [-0.2, 0) is 6.42 Å². The third-order valence-electron chi connectivity index (χ3n) is 4.88. The van der Waals surface area contributed by atoms with Crippen molar-refractivity contribution in [1.29, 1.82) is 0 Å². The maximum atomic E-state index is 12.4. The van der Waals surface area contributed by atoms with Crippen molar-refractivity contribution in [1.82, 2.24) is 20.3 Å². The fraction of sp³-hybridized carbons (Fsp3) is 0.130. The van der Waals surface area contributed by atoms with Crippen LogP contribution in [0.15, 0.2) is 60.7 Å². The van der Waals surface area contributed by atoms with E-state index in [0.29, 0.717) is 21.8 Å². The van der Waals surface area contributed by atoms with E-state index in [9.17, 15) is 4.79 Å². The molecule has 6 nitrogen and oxygen atoms in total. The number of hydrogen-bond acceptors (Lipinski definition) is 4. The molecular weight excluding hydrogens is 430 g/mol. The topological polar surface area (TPSA) is 71.8 Å². The SMILES string of the molecule is CCc1ccc(C(=O)NC(=S)Nc2ccc3nn(-c4ccc(C)c(Cl)c4)nc3c2)cc1. The van der Waals surface area contributed by atoms with Gasteiger partial charge in [-0.05, 0) is 79.2 Å². The predicted molar refractivity (Wildman–Crippen MR) is 128 cm³/mol. The Balaban J connectivity index is 1.47. The van der Waals surface area contributed by atoms with Gasteiger partial charge in [0.15, 0.2) is 5.11 Å². The average Bonchev–Trinajstić information content (AvgIpc) is 3.19. The molecule has 0 unspecified atom stereocenters. The van der Waals surface area contributed by atoms with E-state index >= 15 is 0 Å². The molecule has 0 aliphatic heterocycles. The zero-order chi connectivity index (χ0) is 22.0. The predicted octanol–water partition coefficient (Wildman–Crippen LogP) is 5.07. The van der Waals surface area contributed by atoms with Crippen LogP contribution in [0.2, 0.25) is 5.02 Å². The number of amides is 1. The van der Waals surface area contributed by atoms with Gasteiger partial charge in [0, 0.05) is 16.3 Å². The van der Waals surface area contributed by atoms with Gasteiger partial charge in [-0.25, -0.2) is 0 Å². The van der Waals surface area contributed by atoms with Crippen LogP contribution < -0.4 is 10.6 Å². The third-order valence-corrected chi connectivity index (χ3v) is 5.49. The van der Waals surface area contributed by atoms with E-state index in [1.807, 2.05) is 55.5 Å². The first-order valence-corrected chi connectivity index (χ1v) is 10.6. The molecule has 0 saturated carbocycles. The van der Waals surface area contributed by atoms with Crippen molar-refractivity contribution in [3.8, 4) is 5.69 Å². The number of nitrogens with zero attached hydrogens (tertiary/aromatic N) is 3. The molecule has 3 aromatic carbocycles. The van der Waals surface area contributed by atoms with Gasteiger partial charge in [-0.15, -0.1) is 10.2 Å². The monoisotopic (exact) mass is 449 g/mol. The van der Waals surface area contributed by atoms with Crippen LogP contribution in [0.3, 0.4) is 0 Å². The number of thiocarbonyl (C=S) groups is 1. The van der Waals surface area contributed by atoms with Crippen LogP contribution in [0.5, 0.6) is 0 Å². The molecule has 8 heteroatoms. The lowest BCUT2D eigenvalue weighted by Crippen LogP contribution is -2.34. The summed E-state index contributed by atoms with van der Waals surface area (Å²) in [6.07, 6.45) is 0.923. The molecule has 0 aliphatic carbocycles. The fourth-order valence-electron chi connectivity index (χ4n) is 3.04. The van der Waals surface area contributed by atoms with E-state index < -0.39 is 0 Å². The lowest BCUT2D eigenvalue weighted by atomic mass is 10.1. The minimum Gasteiger partial charge on any atom is -0.332 e. The number of nitrogens with one attached hydrogen (secondary N) is 2. The Hall–Kier alpha value is -3.29. The number of halogens is 1. The number of anilines is 1. The van der Waals surface area contributed by atoms with Crippen LogP contribution in [0.4, 0.5) is 5.69 Å². The molecule has 0 atom stereocenters. The molecule has 0 aliphatic rings. The smallest absolute Gasteiger partial charge is 0.257 e. The summed E-state index contributed by atoms with van der Waals surface area (Å²) >= 11 is 11.5. The standard InChI is InChI=1S/C23H20ClN5OS/c1-3-15-5-7-16(8-6-15)22(30)26-23(31)25-17-9-11-20-21(12-17)28-29(27-20)18-10-4-14(2)19(24)13-18/h4-13H,3H2,1-2H3,(H2,25,26,30,31). The number of fused-ring (bicyclic) bond motifs is 1. The summed E-state index contributed by atoms with van der Waals surface area (Å²) in [5.74, 6) is -0.261. The van der Waals surface area contributed by atoms with Gasteiger partial charge in [-0.1, -0.05) is 36.7 Å². The van der Waals surface area contributed by atoms with Gasteiger partial charge in [0.05, 0.1) is 5.69 Å². The zero-order valence-corrected chi connectivity index (χ0v) is 18.6. The first kappa shape index (κ1) is 21.0. The van der Waals surface area contributed by atoms with Crippen molar-refractivity contribution in [2.24, 2.45) is 0 Å². The van der Waals surface area contributed by atoms with E-state index in [1.54, 1.807) is 16.9 Å². The van der Waals surface area contributed by atoms with Crippen molar-refractivity contribution in [3.05, 3.63) is 82.4 Å². The number of aromatic nitrogens is 3. The van der Waals surface area contributed by atoms with Gasteiger partial charge in [-0.2, -0.15) is 4.80 Å². The summed E-state index contributed by atoms with van der Waals surface area (Å²) in [6.45, 7) is 4.01. The second-order valence-electron chi connectivity index (χ2n) is 7.09. The number of carbonyl (C=O) groups is 1. The van der Waals surface area contributed by atoms with Crippen LogP contribution in [0.1, 0.15) is 28.4 Å². The Bertz CT molecular complexity index is 1280. The largest absolute Gasteiger partial charge is 0.332 e. The molecule has 0 bridgehead atoms. The zero-order valence-electron chi connectivity index (χ0n) is 17.0. The number of rotatable bonds is 4. The lowest BCUT2D eigenvalue weighted by Gasteiger charge is -2.09. The van der Waals surface area contributed by atoms with E-state index in [-0.39, 0.29) is 11.0 Å². The quantitative estimate of drug-likeness (QED) is 0.425. The maximum absolute atomic E-state index is 12.4. The second kappa shape index (κ2) is 8.83. The average molecular weight is 450 g/mol. The molecule has 0 saturated heterocycles. The normalized spacial score (nSPS) is 10.8. The van der Waals surface area contributed by atoms with Crippen molar-refractivity contribution < 1.29 is 4.79 Å². The number of benzene rings is 3. The molecule has 4 aromatic rings. The van der Waals surface area contributed by atoms with E-state index in [1.165, 1.54) is 5.56 Å². The van der Waals surface area contributed by atoms with Crippen molar-refractivity contribution in [3.63, 3.8) is 0 Å². The Morgan fingerprint density at radius 1 is 1.03 bits per heavy atom. The van der Waals surface area contributed by atoms with Gasteiger partial charge in [-0.3, -0.25) is 10.1 Å². The first-order valence-electron chi connectivity index (χ1n) is 9.78. The highest BCUT2D eigenvalue weighted by Crippen LogP contribution is 2.21. The summed E-state index contributed by atoms with van der Waals surface area (Å²) < 4.78 is 0. The van der Waals surface area contributed by atoms with E-state index in [0.717, 1.165) is 23.2 Å². The summed E-state index contributed by atoms with van der Waals surface area (Å²) in [7, 11) is 0. The lowest BCUT2D eigenvalue weighted by molar-refractivity contribution is 0.0977. The Kier molecular flexibility index (Phi) is 5.97. The number of hydrogen-bond donors (Lipinski definition) is 2. The third kappa shape index (κ3) is 4.73. The van der Waals surface area contributed by atoms with Crippen LogP contribution in [0, 0.1) is 6.92 Å². The van der Waals surface area contributed by atoms with Crippen molar-refractivity contribution in [2.75, 3.05) is 5.32 Å². The second-order valence-corrected chi connectivity index (χ2v) is 7.90. The highest BCUT2D eigenvalue weighted by Gasteiger charge is 2.10. The van der Waals surface area contributed by atoms with Gasteiger partial charge in [0.1, 0.15) is 11.0 Å².